The normalized spacial score (nSPS) is 19.7. The van der Waals surface area contributed by atoms with Crippen molar-refractivity contribution in [3.63, 3.8) is 0 Å². The number of methoxy groups -OCH3 is 1. The number of hydrazine groups is 1. The molecule has 0 spiro atoms. The van der Waals surface area contributed by atoms with E-state index in [0.29, 0.717) is 17.0 Å². The topological polar surface area (TPSA) is 61.6 Å². The zero-order valence-corrected chi connectivity index (χ0v) is 16.8. The first-order valence-corrected chi connectivity index (χ1v) is 9.31. The average molecular weight is 378 g/mol. The van der Waals surface area contributed by atoms with Crippen LogP contribution < -0.4 is 5.01 Å². The molecular weight excluding hydrogens is 352 g/mol. The number of nitriles is 1. The standard InChI is InChI=1S/C22H26N4O2/c1-15-13-26(14-16(2)28-15)25(4)22-20(10-11-24-21(22)17(3)27-5)19-8-6-18(12-23)7-9-19/h6-11,15-16H,3,13-14H2,1-2,4-5H3/t15-,16+. The maximum absolute atomic E-state index is 9.10. The second-order valence-electron chi connectivity index (χ2n) is 7.02. The van der Waals surface area contributed by atoms with Crippen molar-refractivity contribution < 1.29 is 9.47 Å². The highest BCUT2D eigenvalue weighted by Crippen LogP contribution is 2.36. The van der Waals surface area contributed by atoms with E-state index in [1.54, 1.807) is 13.3 Å². The summed E-state index contributed by atoms with van der Waals surface area (Å²) in [4.78, 5) is 4.55. The second kappa shape index (κ2) is 8.42. The molecule has 0 aliphatic carbocycles. The van der Waals surface area contributed by atoms with Gasteiger partial charge in [-0.05, 0) is 37.6 Å². The number of nitrogens with zero attached hydrogens (tertiary/aromatic N) is 4. The molecule has 2 atom stereocenters. The van der Waals surface area contributed by atoms with Gasteiger partial charge in [-0.2, -0.15) is 5.26 Å². The first-order chi connectivity index (χ1) is 13.4. The lowest BCUT2D eigenvalue weighted by Gasteiger charge is -2.42. The van der Waals surface area contributed by atoms with Gasteiger partial charge in [0, 0.05) is 31.9 Å². The fourth-order valence-corrected chi connectivity index (χ4v) is 3.58. The van der Waals surface area contributed by atoms with Gasteiger partial charge in [0.2, 0.25) is 0 Å². The summed E-state index contributed by atoms with van der Waals surface area (Å²) in [6.07, 6.45) is 2.03. The van der Waals surface area contributed by atoms with E-state index in [9.17, 15) is 0 Å². The van der Waals surface area contributed by atoms with Gasteiger partial charge >= 0.3 is 0 Å². The van der Waals surface area contributed by atoms with Gasteiger partial charge in [-0.15, -0.1) is 0 Å². The molecule has 3 rings (SSSR count). The Bertz CT molecular complexity index is 878. The van der Waals surface area contributed by atoms with Crippen LogP contribution in [0.1, 0.15) is 25.1 Å². The molecule has 146 valence electrons. The summed E-state index contributed by atoms with van der Waals surface area (Å²) in [6, 6.07) is 11.7. The molecule has 1 aromatic carbocycles. The minimum Gasteiger partial charge on any atom is -0.495 e. The summed E-state index contributed by atoms with van der Waals surface area (Å²) in [5, 5.41) is 13.5. The Hall–Kier alpha value is -2.88. The third-order valence-corrected chi connectivity index (χ3v) is 4.91. The van der Waals surface area contributed by atoms with Crippen molar-refractivity contribution in [2.45, 2.75) is 26.1 Å². The summed E-state index contributed by atoms with van der Waals surface area (Å²) < 4.78 is 11.3. The van der Waals surface area contributed by atoms with Crippen molar-refractivity contribution in [2.75, 3.05) is 32.3 Å². The summed E-state index contributed by atoms with van der Waals surface area (Å²) in [5.74, 6) is 0.506. The summed E-state index contributed by atoms with van der Waals surface area (Å²) in [6.45, 7) is 9.74. The van der Waals surface area contributed by atoms with Gasteiger partial charge in [-0.3, -0.25) is 4.98 Å². The number of aromatic nitrogens is 1. The SMILES string of the molecule is C=C(OC)c1nccc(-c2ccc(C#N)cc2)c1N(C)N1C[C@@H](C)O[C@@H](C)C1. The lowest BCUT2D eigenvalue weighted by molar-refractivity contribution is -0.0699. The van der Waals surface area contributed by atoms with Crippen molar-refractivity contribution in [1.29, 1.82) is 5.26 Å². The third kappa shape index (κ3) is 4.01. The van der Waals surface area contributed by atoms with E-state index in [0.717, 1.165) is 29.9 Å². The molecule has 0 N–H and O–H groups in total. The van der Waals surface area contributed by atoms with Gasteiger partial charge in [0.15, 0.2) is 0 Å². The highest BCUT2D eigenvalue weighted by atomic mass is 16.5. The number of morpholine rings is 1. The number of benzene rings is 1. The van der Waals surface area contributed by atoms with Crippen LogP contribution in [0, 0.1) is 11.3 Å². The Morgan fingerprint density at radius 3 is 2.46 bits per heavy atom. The van der Waals surface area contributed by atoms with Crippen LogP contribution in [0.2, 0.25) is 0 Å². The highest BCUT2D eigenvalue weighted by Gasteiger charge is 2.28. The van der Waals surface area contributed by atoms with Crippen LogP contribution in [0.4, 0.5) is 5.69 Å². The molecule has 28 heavy (non-hydrogen) atoms. The molecule has 1 saturated heterocycles. The predicted octanol–water partition coefficient (Wildman–Crippen LogP) is 3.70. The Balaban J connectivity index is 2.10. The van der Waals surface area contributed by atoms with Crippen molar-refractivity contribution in [3.8, 4) is 17.2 Å². The van der Waals surface area contributed by atoms with Crippen LogP contribution >= 0.6 is 0 Å². The monoisotopic (exact) mass is 378 g/mol. The maximum Gasteiger partial charge on any atom is 0.139 e. The molecule has 0 saturated carbocycles. The van der Waals surface area contributed by atoms with Crippen LogP contribution in [0.3, 0.4) is 0 Å². The average Bonchev–Trinajstić information content (AvgIpc) is 2.71. The van der Waals surface area contributed by atoms with E-state index in [2.05, 4.69) is 41.5 Å². The fourth-order valence-electron chi connectivity index (χ4n) is 3.58. The van der Waals surface area contributed by atoms with Crippen LogP contribution in [0.5, 0.6) is 0 Å². The summed E-state index contributed by atoms with van der Waals surface area (Å²) in [5.41, 5.74) is 4.24. The summed E-state index contributed by atoms with van der Waals surface area (Å²) >= 11 is 0. The van der Waals surface area contributed by atoms with E-state index in [1.807, 2.05) is 37.4 Å². The molecular formula is C22H26N4O2. The molecule has 1 aliphatic heterocycles. The van der Waals surface area contributed by atoms with E-state index < -0.39 is 0 Å². The second-order valence-corrected chi connectivity index (χ2v) is 7.02. The largest absolute Gasteiger partial charge is 0.495 e. The first-order valence-electron chi connectivity index (χ1n) is 9.31. The molecule has 0 radical (unpaired) electrons. The minimum atomic E-state index is 0.135. The van der Waals surface area contributed by atoms with Crippen molar-refractivity contribution >= 4 is 11.4 Å². The van der Waals surface area contributed by atoms with Gasteiger partial charge in [0.1, 0.15) is 11.5 Å². The molecule has 0 unspecified atom stereocenters. The third-order valence-electron chi connectivity index (χ3n) is 4.91. The molecule has 0 amide bonds. The molecule has 2 heterocycles. The molecule has 6 heteroatoms. The van der Waals surface area contributed by atoms with Gasteiger partial charge in [-0.25, -0.2) is 5.01 Å². The number of hydrogen-bond donors (Lipinski definition) is 0. The van der Waals surface area contributed by atoms with Crippen LogP contribution in [0.15, 0.2) is 43.1 Å². The Kier molecular flexibility index (Phi) is 5.98. The zero-order chi connectivity index (χ0) is 20.3. The van der Waals surface area contributed by atoms with Crippen molar-refractivity contribution in [3.05, 3.63) is 54.4 Å². The number of pyridine rings is 1. The lowest BCUT2D eigenvalue weighted by atomic mass is 10.0. The van der Waals surface area contributed by atoms with Gasteiger partial charge in [-0.1, -0.05) is 18.7 Å². The molecule has 1 fully saturated rings. The van der Waals surface area contributed by atoms with Crippen molar-refractivity contribution in [1.82, 2.24) is 9.99 Å². The molecule has 2 aromatic rings. The number of anilines is 1. The maximum atomic E-state index is 9.10. The quantitative estimate of drug-likeness (QED) is 0.740. The number of rotatable bonds is 5. The first kappa shape index (κ1) is 19.9. The van der Waals surface area contributed by atoms with E-state index in [4.69, 9.17) is 14.7 Å². The molecule has 1 aliphatic rings. The van der Waals surface area contributed by atoms with E-state index >= 15 is 0 Å². The lowest BCUT2D eigenvalue weighted by Crippen LogP contribution is -2.53. The highest BCUT2D eigenvalue weighted by molar-refractivity contribution is 5.85. The predicted molar refractivity (Wildman–Crippen MR) is 110 cm³/mol. The van der Waals surface area contributed by atoms with Gasteiger partial charge < -0.3 is 14.5 Å². The molecule has 1 aromatic heterocycles. The van der Waals surface area contributed by atoms with Crippen molar-refractivity contribution in [2.24, 2.45) is 0 Å². The zero-order valence-electron chi connectivity index (χ0n) is 16.8. The smallest absolute Gasteiger partial charge is 0.139 e. The Labute approximate surface area is 166 Å². The van der Waals surface area contributed by atoms with Crippen LogP contribution in [-0.4, -0.2) is 49.4 Å². The Morgan fingerprint density at radius 2 is 1.89 bits per heavy atom. The Morgan fingerprint density at radius 1 is 1.25 bits per heavy atom. The molecule has 0 bridgehead atoms. The van der Waals surface area contributed by atoms with E-state index in [-0.39, 0.29) is 12.2 Å². The van der Waals surface area contributed by atoms with Gasteiger partial charge in [0.25, 0.3) is 0 Å². The van der Waals surface area contributed by atoms with Crippen LogP contribution in [-0.2, 0) is 9.47 Å². The van der Waals surface area contributed by atoms with Crippen LogP contribution in [0.25, 0.3) is 16.9 Å². The van der Waals surface area contributed by atoms with E-state index in [1.165, 1.54) is 0 Å². The number of hydrogen-bond acceptors (Lipinski definition) is 6. The molecule has 6 nitrogen and oxygen atoms in total. The fraction of sp³-hybridized carbons (Fsp3) is 0.364. The number of ether oxygens (including phenoxy) is 2. The van der Waals surface area contributed by atoms with Gasteiger partial charge in [0.05, 0.1) is 36.6 Å². The minimum absolute atomic E-state index is 0.135. The summed E-state index contributed by atoms with van der Waals surface area (Å²) in [7, 11) is 3.63.